The molecule has 1 aliphatic rings. The highest BCUT2D eigenvalue weighted by Crippen LogP contribution is 2.35. The molecule has 1 unspecified atom stereocenters. The lowest BCUT2D eigenvalue weighted by atomic mass is 9.99. The molecule has 2 heterocycles. The number of aromatic nitrogens is 1. The van der Waals surface area contributed by atoms with Gasteiger partial charge in [0, 0.05) is 11.7 Å². The van der Waals surface area contributed by atoms with Crippen LogP contribution in [0.1, 0.15) is 34.9 Å². The highest BCUT2D eigenvalue weighted by atomic mass is 79.9. The van der Waals surface area contributed by atoms with E-state index in [9.17, 15) is 4.79 Å². The van der Waals surface area contributed by atoms with E-state index in [0.717, 1.165) is 24.3 Å². The van der Waals surface area contributed by atoms with Gasteiger partial charge in [-0.1, -0.05) is 5.16 Å². The highest BCUT2D eigenvalue weighted by molar-refractivity contribution is 9.10. The minimum Gasteiger partial charge on any atom is -0.477 e. The van der Waals surface area contributed by atoms with Crippen LogP contribution >= 0.6 is 27.7 Å². The Morgan fingerprint density at radius 3 is 3.07 bits per heavy atom. The molecule has 1 aromatic heterocycles. The summed E-state index contributed by atoms with van der Waals surface area (Å²) in [4.78, 5) is 11.0. The number of carbonyl (C=O) groups is 1. The van der Waals surface area contributed by atoms with Crippen molar-refractivity contribution in [2.24, 2.45) is 0 Å². The largest absolute Gasteiger partial charge is 0.477 e. The predicted octanol–water partition coefficient (Wildman–Crippen LogP) is 2.75. The molecule has 0 bridgehead atoms. The van der Waals surface area contributed by atoms with Crippen LogP contribution in [0.25, 0.3) is 0 Å². The lowest BCUT2D eigenvalue weighted by Crippen LogP contribution is -2.11. The number of aromatic carboxylic acids is 1. The van der Waals surface area contributed by atoms with Crippen molar-refractivity contribution in [2.45, 2.75) is 18.8 Å². The van der Waals surface area contributed by atoms with Crippen LogP contribution in [0, 0.1) is 0 Å². The van der Waals surface area contributed by atoms with E-state index in [-0.39, 0.29) is 11.5 Å². The summed E-state index contributed by atoms with van der Waals surface area (Å²) in [6.45, 7) is 0. The molecule has 4 nitrogen and oxygen atoms in total. The molecule has 0 aromatic carbocycles. The average Bonchev–Trinajstić information content (AvgIpc) is 2.61. The van der Waals surface area contributed by atoms with Gasteiger partial charge in [-0.25, -0.2) is 4.79 Å². The van der Waals surface area contributed by atoms with Crippen molar-refractivity contribution in [2.75, 3.05) is 11.5 Å². The highest BCUT2D eigenvalue weighted by Gasteiger charge is 2.28. The summed E-state index contributed by atoms with van der Waals surface area (Å²) in [5, 5.41) is 12.7. The van der Waals surface area contributed by atoms with Crippen molar-refractivity contribution in [1.82, 2.24) is 5.16 Å². The molecule has 0 spiro atoms. The van der Waals surface area contributed by atoms with Crippen molar-refractivity contribution >= 4 is 33.7 Å². The first kappa shape index (κ1) is 11.0. The third kappa shape index (κ3) is 2.20. The van der Waals surface area contributed by atoms with Gasteiger partial charge in [-0.3, -0.25) is 0 Å². The lowest BCUT2D eigenvalue weighted by Gasteiger charge is -2.18. The number of carboxylic acids is 1. The standard InChI is InChI=1S/C9H10BrNO3S/c10-8-6(9(12)13)7(14-11-8)5-2-1-3-15-4-5/h5H,1-4H2,(H,12,13). The second-order valence-corrected chi connectivity index (χ2v) is 5.33. The Labute approximate surface area is 99.5 Å². The molecular formula is C9H10BrNO3S. The maximum atomic E-state index is 11.0. The number of hydrogen-bond acceptors (Lipinski definition) is 4. The summed E-state index contributed by atoms with van der Waals surface area (Å²) in [5.41, 5.74) is 0.183. The van der Waals surface area contributed by atoms with Gasteiger partial charge in [0.15, 0.2) is 10.4 Å². The van der Waals surface area contributed by atoms with Gasteiger partial charge in [0.05, 0.1) is 0 Å². The molecule has 15 heavy (non-hydrogen) atoms. The minimum atomic E-state index is -0.978. The fourth-order valence-corrected chi connectivity index (χ4v) is 3.28. The first-order valence-electron chi connectivity index (χ1n) is 4.66. The van der Waals surface area contributed by atoms with Gasteiger partial charge in [0.1, 0.15) is 5.56 Å². The van der Waals surface area contributed by atoms with Crippen LogP contribution in [0.3, 0.4) is 0 Å². The van der Waals surface area contributed by atoms with Crippen LogP contribution in [-0.2, 0) is 0 Å². The van der Waals surface area contributed by atoms with Crippen LogP contribution in [0.15, 0.2) is 9.13 Å². The number of hydrogen-bond donors (Lipinski definition) is 1. The Morgan fingerprint density at radius 2 is 2.47 bits per heavy atom. The molecule has 0 aliphatic carbocycles. The van der Waals surface area contributed by atoms with Crippen molar-refractivity contribution in [3.63, 3.8) is 0 Å². The lowest BCUT2D eigenvalue weighted by molar-refractivity contribution is 0.0692. The Morgan fingerprint density at radius 1 is 1.67 bits per heavy atom. The van der Waals surface area contributed by atoms with Gasteiger partial charge in [-0.15, -0.1) is 0 Å². The second kappa shape index (κ2) is 4.57. The molecule has 1 aromatic rings. The summed E-state index contributed by atoms with van der Waals surface area (Å²) in [6, 6.07) is 0. The maximum absolute atomic E-state index is 11.0. The van der Waals surface area contributed by atoms with E-state index in [1.165, 1.54) is 0 Å². The fourth-order valence-electron chi connectivity index (χ4n) is 1.70. The summed E-state index contributed by atoms with van der Waals surface area (Å²) in [7, 11) is 0. The SMILES string of the molecule is O=C(O)c1c(Br)noc1C1CCCSC1. The number of nitrogens with zero attached hydrogens (tertiary/aromatic N) is 1. The van der Waals surface area contributed by atoms with E-state index in [0.29, 0.717) is 10.4 Å². The van der Waals surface area contributed by atoms with Crippen LogP contribution in [0.4, 0.5) is 0 Å². The van der Waals surface area contributed by atoms with Gasteiger partial charge < -0.3 is 9.63 Å². The zero-order valence-corrected chi connectivity index (χ0v) is 10.3. The van der Waals surface area contributed by atoms with E-state index < -0.39 is 5.97 Å². The van der Waals surface area contributed by atoms with E-state index in [1.807, 2.05) is 11.8 Å². The molecule has 0 radical (unpaired) electrons. The van der Waals surface area contributed by atoms with Gasteiger partial charge in [-0.2, -0.15) is 11.8 Å². The van der Waals surface area contributed by atoms with Crippen molar-refractivity contribution in [1.29, 1.82) is 0 Å². The van der Waals surface area contributed by atoms with Gasteiger partial charge in [0.2, 0.25) is 0 Å². The quantitative estimate of drug-likeness (QED) is 0.908. The Bertz CT molecular complexity index is 373. The molecule has 1 N–H and O–H groups in total. The first-order chi connectivity index (χ1) is 7.20. The third-order valence-corrected chi connectivity index (χ3v) is 4.18. The van der Waals surface area contributed by atoms with Gasteiger partial charge in [-0.05, 0) is 34.5 Å². The van der Waals surface area contributed by atoms with Crippen molar-refractivity contribution in [3.05, 3.63) is 15.9 Å². The van der Waals surface area contributed by atoms with Crippen LogP contribution in [-0.4, -0.2) is 27.7 Å². The molecule has 82 valence electrons. The molecule has 1 fully saturated rings. The molecule has 2 rings (SSSR count). The molecule has 1 saturated heterocycles. The number of thioether (sulfide) groups is 1. The second-order valence-electron chi connectivity index (χ2n) is 3.43. The van der Waals surface area contributed by atoms with Crippen molar-refractivity contribution < 1.29 is 14.4 Å². The molecule has 0 amide bonds. The fraction of sp³-hybridized carbons (Fsp3) is 0.556. The van der Waals surface area contributed by atoms with E-state index in [4.69, 9.17) is 9.63 Å². The normalized spacial score (nSPS) is 21.5. The predicted molar refractivity (Wildman–Crippen MR) is 60.5 cm³/mol. The van der Waals surface area contributed by atoms with Crippen LogP contribution < -0.4 is 0 Å². The number of rotatable bonds is 2. The summed E-state index contributed by atoms with van der Waals surface area (Å²) in [6.07, 6.45) is 2.08. The third-order valence-electron chi connectivity index (χ3n) is 2.42. The molecular weight excluding hydrogens is 282 g/mol. The molecule has 1 atom stereocenters. The zero-order chi connectivity index (χ0) is 10.8. The number of carboxylic acid groups (broad SMARTS) is 1. The zero-order valence-electron chi connectivity index (χ0n) is 7.90. The average molecular weight is 292 g/mol. The Hall–Kier alpha value is -0.490. The van der Waals surface area contributed by atoms with E-state index in [1.54, 1.807) is 0 Å². The Balaban J connectivity index is 2.30. The summed E-state index contributed by atoms with van der Waals surface area (Å²) < 4.78 is 5.40. The minimum absolute atomic E-state index is 0.183. The van der Waals surface area contributed by atoms with Crippen LogP contribution in [0.2, 0.25) is 0 Å². The summed E-state index contributed by atoms with van der Waals surface area (Å²) >= 11 is 4.92. The first-order valence-corrected chi connectivity index (χ1v) is 6.61. The van der Waals surface area contributed by atoms with Crippen molar-refractivity contribution in [3.8, 4) is 0 Å². The maximum Gasteiger partial charge on any atom is 0.342 e. The molecule has 1 aliphatic heterocycles. The number of halogens is 1. The van der Waals surface area contributed by atoms with E-state index >= 15 is 0 Å². The van der Waals surface area contributed by atoms with Gasteiger partial charge in [0.25, 0.3) is 0 Å². The monoisotopic (exact) mass is 291 g/mol. The Kier molecular flexibility index (Phi) is 3.35. The van der Waals surface area contributed by atoms with Crippen LogP contribution in [0.5, 0.6) is 0 Å². The smallest absolute Gasteiger partial charge is 0.342 e. The topological polar surface area (TPSA) is 63.3 Å². The summed E-state index contributed by atoms with van der Waals surface area (Å²) in [5.74, 6) is 1.79. The van der Waals surface area contributed by atoms with E-state index in [2.05, 4.69) is 21.1 Å². The van der Waals surface area contributed by atoms with Gasteiger partial charge >= 0.3 is 5.97 Å². The molecule has 6 heteroatoms. The molecule has 0 saturated carbocycles.